The van der Waals surface area contributed by atoms with E-state index in [2.05, 4.69) is 15.5 Å². The molecule has 0 saturated carbocycles. The zero-order valence-corrected chi connectivity index (χ0v) is 17.6. The van der Waals surface area contributed by atoms with Crippen LogP contribution < -0.4 is 14.8 Å². The lowest BCUT2D eigenvalue weighted by molar-refractivity contribution is -0.120. The number of amides is 1. The van der Waals surface area contributed by atoms with E-state index in [-0.39, 0.29) is 11.2 Å². The first-order valence-corrected chi connectivity index (χ1v) is 9.93. The first-order valence-electron chi connectivity index (χ1n) is 9.05. The number of thioether (sulfide) groups is 1. The van der Waals surface area contributed by atoms with Gasteiger partial charge in [-0.2, -0.15) is 0 Å². The van der Waals surface area contributed by atoms with Crippen molar-refractivity contribution in [2.24, 2.45) is 0 Å². The maximum absolute atomic E-state index is 12.4. The Balaban J connectivity index is 1.61. The lowest BCUT2D eigenvalue weighted by atomic mass is 10.1. The highest BCUT2D eigenvalue weighted by Gasteiger charge is 2.19. The van der Waals surface area contributed by atoms with E-state index in [0.717, 1.165) is 5.56 Å². The Morgan fingerprint density at radius 1 is 1.10 bits per heavy atom. The van der Waals surface area contributed by atoms with Crippen molar-refractivity contribution in [3.63, 3.8) is 0 Å². The van der Waals surface area contributed by atoms with Gasteiger partial charge in [-0.25, -0.2) is 0 Å². The van der Waals surface area contributed by atoms with E-state index in [1.165, 1.54) is 17.3 Å². The molecule has 1 atom stereocenters. The van der Waals surface area contributed by atoms with Crippen molar-refractivity contribution in [1.82, 2.24) is 15.5 Å². The van der Waals surface area contributed by atoms with E-state index in [9.17, 15) is 4.79 Å². The molecule has 0 fully saturated rings. The summed E-state index contributed by atoms with van der Waals surface area (Å²) in [5.74, 6) is 1.47. The first-order chi connectivity index (χ1) is 14.0. The SMILES string of the molecule is COc1cc(OC)cc(-c2nnc(S[C@H](C)C(=O)NCc3ccc(C)cc3)o2)c1. The van der Waals surface area contributed by atoms with Crippen LogP contribution in [0, 0.1) is 6.92 Å². The molecule has 1 heterocycles. The standard InChI is InChI=1S/C21H23N3O4S/c1-13-5-7-15(8-6-13)12-22-19(25)14(2)29-21-24-23-20(28-21)16-9-17(26-3)11-18(10-16)27-4/h5-11,14H,12H2,1-4H3,(H,22,25)/t14-/m1/s1. The van der Waals surface area contributed by atoms with E-state index >= 15 is 0 Å². The fourth-order valence-corrected chi connectivity index (χ4v) is 3.26. The highest BCUT2D eigenvalue weighted by Crippen LogP contribution is 2.31. The van der Waals surface area contributed by atoms with Gasteiger partial charge in [0, 0.05) is 18.2 Å². The van der Waals surface area contributed by atoms with E-state index in [1.807, 2.05) is 31.2 Å². The Morgan fingerprint density at radius 2 is 1.76 bits per heavy atom. The molecule has 8 heteroatoms. The topological polar surface area (TPSA) is 86.5 Å². The van der Waals surface area contributed by atoms with E-state index < -0.39 is 0 Å². The summed E-state index contributed by atoms with van der Waals surface area (Å²) in [4.78, 5) is 12.4. The third-order valence-electron chi connectivity index (χ3n) is 4.24. The van der Waals surface area contributed by atoms with E-state index in [0.29, 0.717) is 34.7 Å². The second-order valence-corrected chi connectivity index (χ2v) is 7.73. The van der Waals surface area contributed by atoms with Crippen LogP contribution in [0.25, 0.3) is 11.5 Å². The smallest absolute Gasteiger partial charge is 0.277 e. The van der Waals surface area contributed by atoms with Crippen LogP contribution in [0.5, 0.6) is 11.5 Å². The van der Waals surface area contributed by atoms with Gasteiger partial charge in [-0.1, -0.05) is 41.6 Å². The molecule has 1 N–H and O–H groups in total. The Labute approximate surface area is 173 Å². The number of aryl methyl sites for hydroxylation is 1. The zero-order valence-electron chi connectivity index (χ0n) is 16.8. The van der Waals surface area contributed by atoms with Crippen LogP contribution in [0.3, 0.4) is 0 Å². The van der Waals surface area contributed by atoms with Crippen LogP contribution in [0.4, 0.5) is 0 Å². The number of benzene rings is 2. The molecule has 3 rings (SSSR count). The Morgan fingerprint density at radius 3 is 2.38 bits per heavy atom. The van der Waals surface area contributed by atoms with Crippen molar-refractivity contribution in [3.05, 3.63) is 53.6 Å². The molecule has 3 aromatic rings. The number of ether oxygens (including phenoxy) is 2. The summed E-state index contributed by atoms with van der Waals surface area (Å²) in [6.45, 7) is 4.30. The third-order valence-corrected chi connectivity index (χ3v) is 5.17. The minimum Gasteiger partial charge on any atom is -0.497 e. The number of nitrogens with one attached hydrogen (secondary N) is 1. The lowest BCUT2D eigenvalue weighted by Crippen LogP contribution is -2.30. The van der Waals surface area contributed by atoms with Crippen LogP contribution in [0.2, 0.25) is 0 Å². The van der Waals surface area contributed by atoms with Crippen LogP contribution in [0.15, 0.2) is 52.1 Å². The van der Waals surface area contributed by atoms with Gasteiger partial charge >= 0.3 is 0 Å². The van der Waals surface area contributed by atoms with Crippen LogP contribution >= 0.6 is 11.8 Å². The summed E-state index contributed by atoms with van der Waals surface area (Å²) in [5, 5.41) is 11.0. The van der Waals surface area contributed by atoms with Crippen LogP contribution in [-0.2, 0) is 11.3 Å². The van der Waals surface area contributed by atoms with Crippen molar-refractivity contribution in [2.45, 2.75) is 30.9 Å². The quantitative estimate of drug-likeness (QED) is 0.561. The predicted octanol–water partition coefficient (Wildman–Crippen LogP) is 3.86. The summed E-state index contributed by atoms with van der Waals surface area (Å²) < 4.78 is 16.2. The fraction of sp³-hybridized carbons (Fsp3) is 0.286. The molecule has 0 spiro atoms. The minimum absolute atomic E-state index is 0.0987. The molecule has 152 valence electrons. The second kappa shape index (κ2) is 9.47. The number of carbonyl (C=O) groups excluding carboxylic acids is 1. The molecule has 1 aromatic heterocycles. The number of methoxy groups -OCH3 is 2. The number of nitrogens with zero attached hydrogens (tertiary/aromatic N) is 2. The average Bonchev–Trinajstić information content (AvgIpc) is 3.21. The molecule has 0 bridgehead atoms. The van der Waals surface area contributed by atoms with Gasteiger partial charge in [-0.05, 0) is 31.5 Å². The highest BCUT2D eigenvalue weighted by molar-refractivity contribution is 8.00. The van der Waals surface area contributed by atoms with Gasteiger partial charge in [0.15, 0.2) is 0 Å². The van der Waals surface area contributed by atoms with Crippen molar-refractivity contribution in [1.29, 1.82) is 0 Å². The number of rotatable bonds is 8. The van der Waals surface area contributed by atoms with Crippen molar-refractivity contribution < 1.29 is 18.7 Å². The summed E-state index contributed by atoms with van der Waals surface area (Å²) in [6.07, 6.45) is 0. The van der Waals surface area contributed by atoms with Crippen molar-refractivity contribution >= 4 is 17.7 Å². The number of aromatic nitrogens is 2. The monoisotopic (exact) mass is 413 g/mol. The zero-order chi connectivity index (χ0) is 20.8. The summed E-state index contributed by atoms with van der Waals surface area (Å²) in [6, 6.07) is 13.4. The lowest BCUT2D eigenvalue weighted by Gasteiger charge is -2.10. The van der Waals surface area contributed by atoms with Gasteiger partial charge in [0.2, 0.25) is 11.8 Å². The normalized spacial score (nSPS) is 11.7. The van der Waals surface area contributed by atoms with Gasteiger partial charge in [-0.3, -0.25) is 4.79 Å². The number of hydrogen-bond acceptors (Lipinski definition) is 7. The second-order valence-electron chi connectivity index (χ2n) is 6.44. The summed E-state index contributed by atoms with van der Waals surface area (Å²) in [5.41, 5.74) is 2.91. The van der Waals surface area contributed by atoms with Crippen molar-refractivity contribution in [3.8, 4) is 23.0 Å². The van der Waals surface area contributed by atoms with Crippen LogP contribution in [-0.4, -0.2) is 35.6 Å². The largest absolute Gasteiger partial charge is 0.497 e. The van der Waals surface area contributed by atoms with Crippen molar-refractivity contribution in [2.75, 3.05) is 14.2 Å². The molecule has 2 aromatic carbocycles. The molecule has 0 aliphatic rings. The molecule has 0 aliphatic carbocycles. The molecule has 7 nitrogen and oxygen atoms in total. The average molecular weight is 413 g/mol. The van der Waals surface area contributed by atoms with Gasteiger partial charge in [0.05, 0.1) is 19.5 Å². The van der Waals surface area contributed by atoms with Gasteiger partial charge in [0.1, 0.15) is 11.5 Å². The number of hydrogen-bond donors (Lipinski definition) is 1. The molecule has 0 saturated heterocycles. The molecule has 0 aliphatic heterocycles. The minimum atomic E-state index is -0.381. The molecular weight excluding hydrogens is 390 g/mol. The summed E-state index contributed by atoms with van der Waals surface area (Å²) in [7, 11) is 3.15. The maximum atomic E-state index is 12.4. The molecule has 1 amide bonds. The highest BCUT2D eigenvalue weighted by atomic mass is 32.2. The van der Waals surface area contributed by atoms with E-state index in [4.69, 9.17) is 13.9 Å². The first kappa shape index (κ1) is 20.7. The fourth-order valence-electron chi connectivity index (χ4n) is 2.55. The van der Waals surface area contributed by atoms with Gasteiger partial charge in [-0.15, -0.1) is 10.2 Å². The molecule has 0 unspecified atom stereocenters. The number of carbonyl (C=O) groups is 1. The Bertz CT molecular complexity index is 950. The van der Waals surface area contributed by atoms with Crippen LogP contribution in [0.1, 0.15) is 18.1 Å². The predicted molar refractivity (Wildman–Crippen MR) is 111 cm³/mol. The molecule has 0 radical (unpaired) electrons. The molecular formula is C21H23N3O4S. The Kier molecular flexibility index (Phi) is 6.77. The maximum Gasteiger partial charge on any atom is 0.277 e. The Hall–Kier alpha value is -3.00. The van der Waals surface area contributed by atoms with E-state index in [1.54, 1.807) is 39.3 Å². The third kappa shape index (κ3) is 5.51. The summed E-state index contributed by atoms with van der Waals surface area (Å²) >= 11 is 1.21. The molecule has 29 heavy (non-hydrogen) atoms. The van der Waals surface area contributed by atoms with Gasteiger partial charge in [0.25, 0.3) is 5.22 Å². The van der Waals surface area contributed by atoms with Gasteiger partial charge < -0.3 is 19.2 Å².